The minimum atomic E-state index is -1.82. The van der Waals surface area contributed by atoms with Crippen molar-refractivity contribution < 1.29 is 206 Å². The summed E-state index contributed by atoms with van der Waals surface area (Å²) in [6.45, 7) is 14.9. The van der Waals surface area contributed by atoms with Gasteiger partial charge in [0.05, 0.1) is 19.3 Å². The molecule has 4 fully saturated rings. The number of imide groups is 1. The SMILES string of the molecule is CC(=O)O.CC(=O)O.CC(=O)O.O=C(O)C(=O)O.O=C(O)C(=O)O.O=C(O)C(=O)O.O=C(O)CCC(=O)Cl.O=C(O)CCC(=O)ON1C(=O)CCC1=O.O=C(O)CCl.[CH2-][C@@H]1CCCC[C@H]1[NH-].[CH2-][C@@H]1CCCC[C@H]1[NH-].[CH2-][C@@H]1CCCC[C@H]1[NH-].[Pt+2].[Pt+2].[Pt+2]. The molecule has 4 rings (SSSR count). The molecule has 1 saturated heterocycles. The maximum Gasteiger partial charge on any atom is 2.00 e. The van der Waals surface area contributed by atoms with Crippen LogP contribution in [0, 0.1) is 38.5 Å². The van der Waals surface area contributed by atoms with Crippen molar-refractivity contribution in [1.29, 1.82) is 0 Å². The zero-order chi connectivity index (χ0) is 66.4. The van der Waals surface area contributed by atoms with Gasteiger partial charge in [0.2, 0.25) is 5.24 Å². The number of hydrogen-bond donors (Lipinski definition) is 12. The molecule has 2 amide bonds. The van der Waals surface area contributed by atoms with Crippen molar-refractivity contribution in [1.82, 2.24) is 5.06 Å². The van der Waals surface area contributed by atoms with E-state index in [0.29, 0.717) is 22.8 Å². The van der Waals surface area contributed by atoms with Crippen LogP contribution in [0.1, 0.15) is 136 Å². The number of aliphatic carboxylic acids is 12. The molecule has 4 aliphatic rings. The average molecular weight is 1820 g/mol. The van der Waals surface area contributed by atoms with Crippen LogP contribution in [0.15, 0.2) is 0 Å². The van der Waals surface area contributed by atoms with Crippen LogP contribution in [0.4, 0.5) is 0 Å². The third-order valence-electron chi connectivity index (χ3n) is 8.67. The molecule has 500 valence electrons. The van der Waals surface area contributed by atoms with E-state index in [1.165, 1.54) is 57.8 Å². The van der Waals surface area contributed by atoms with Crippen molar-refractivity contribution in [2.45, 2.75) is 154 Å². The molecule has 0 unspecified atom stereocenters. The molecule has 3 aliphatic carbocycles. The van der Waals surface area contributed by atoms with E-state index in [2.05, 4.69) is 25.6 Å². The van der Waals surface area contributed by atoms with Gasteiger partial charge < -0.3 is 104 Å². The van der Waals surface area contributed by atoms with Crippen LogP contribution in [0.25, 0.3) is 17.2 Å². The van der Waals surface area contributed by atoms with Gasteiger partial charge in [-0.15, -0.1) is 16.7 Å². The van der Waals surface area contributed by atoms with Crippen LogP contribution in [-0.4, -0.2) is 185 Å². The Morgan fingerprint density at radius 3 is 0.765 bits per heavy atom. The number of hydrogen-bond acceptors (Lipinski definition) is 17. The Morgan fingerprint density at radius 1 is 0.435 bits per heavy atom. The van der Waals surface area contributed by atoms with Gasteiger partial charge in [0.15, 0.2) is 0 Å². The average Bonchev–Trinajstić information content (AvgIpc) is 3.66. The van der Waals surface area contributed by atoms with Crippen LogP contribution in [0.2, 0.25) is 0 Å². The first-order valence-electron chi connectivity index (χ1n) is 23.5. The predicted molar refractivity (Wildman–Crippen MR) is 282 cm³/mol. The molecule has 0 aromatic rings. The van der Waals surface area contributed by atoms with E-state index in [9.17, 15) is 33.6 Å². The molecule has 3 saturated carbocycles. The first-order valence-corrected chi connectivity index (χ1v) is 24.4. The van der Waals surface area contributed by atoms with E-state index in [-0.39, 0.29) is 119 Å². The zero-order valence-electron chi connectivity index (χ0n) is 46.0. The van der Waals surface area contributed by atoms with Crippen LogP contribution >= 0.6 is 23.2 Å². The van der Waals surface area contributed by atoms with Gasteiger partial charge in [0.1, 0.15) is 5.88 Å². The summed E-state index contributed by atoms with van der Waals surface area (Å²) in [5.41, 5.74) is 22.2. The first kappa shape index (κ1) is 104. The third kappa shape index (κ3) is 97.9. The van der Waals surface area contributed by atoms with Crippen molar-refractivity contribution in [2.75, 3.05) is 5.88 Å². The molecule has 6 atom stereocenters. The van der Waals surface area contributed by atoms with Gasteiger partial charge in [-0.3, -0.25) is 43.2 Å². The molecule has 0 aromatic heterocycles. The van der Waals surface area contributed by atoms with E-state index in [4.69, 9.17) is 145 Å². The molecule has 1 aliphatic heterocycles. The van der Waals surface area contributed by atoms with E-state index in [0.717, 1.165) is 40.0 Å². The van der Waals surface area contributed by atoms with Crippen LogP contribution in [0.5, 0.6) is 0 Å². The molecule has 85 heavy (non-hydrogen) atoms. The minimum Gasteiger partial charge on any atom is -0.677 e. The fraction of sp³-hybridized carbons (Fsp3) is 0.596. The quantitative estimate of drug-likeness (QED) is 0.0475. The number of alkyl halides is 1. The van der Waals surface area contributed by atoms with E-state index >= 15 is 0 Å². The van der Waals surface area contributed by atoms with Crippen LogP contribution < -0.4 is 0 Å². The summed E-state index contributed by atoms with van der Waals surface area (Å²) >= 11 is 9.56. The number of nitrogens with zero attached hydrogens (tertiary/aromatic N) is 1. The minimum absolute atomic E-state index is 0. The van der Waals surface area contributed by atoms with E-state index in [1.54, 1.807) is 0 Å². The second-order valence-electron chi connectivity index (χ2n) is 16.1. The van der Waals surface area contributed by atoms with Crippen molar-refractivity contribution in [3.8, 4) is 0 Å². The summed E-state index contributed by atoms with van der Waals surface area (Å²) in [7, 11) is 0. The molecular formula is C47H74Cl2N4O29Pt3. The number of rotatable bonds is 8. The first-order chi connectivity index (χ1) is 37.4. The second-order valence-corrected chi connectivity index (χ2v) is 16.7. The molecule has 0 spiro atoms. The van der Waals surface area contributed by atoms with Gasteiger partial charge >= 0.3 is 123 Å². The second kappa shape index (κ2) is 67.6. The van der Waals surface area contributed by atoms with Gasteiger partial charge in [-0.2, -0.15) is 35.9 Å². The Balaban J connectivity index is -0.0000000796. The van der Waals surface area contributed by atoms with Crippen molar-refractivity contribution >= 4 is 118 Å². The molecule has 33 nitrogen and oxygen atoms in total. The zero-order valence-corrected chi connectivity index (χ0v) is 54.3. The van der Waals surface area contributed by atoms with Gasteiger partial charge in [-0.1, -0.05) is 77.0 Å². The molecular weight excluding hydrogens is 1740 g/mol. The fourth-order valence-corrected chi connectivity index (χ4v) is 4.94. The summed E-state index contributed by atoms with van der Waals surface area (Å²) in [6.07, 6.45) is 13.4. The number of carbonyl (C=O) groups is 16. The number of carboxylic acid groups (broad SMARTS) is 12. The Morgan fingerprint density at radius 2 is 0.635 bits per heavy atom. The van der Waals surface area contributed by atoms with E-state index in [1.807, 2.05) is 0 Å². The number of halogens is 2. The van der Waals surface area contributed by atoms with Gasteiger partial charge in [-0.25, -0.2) is 33.6 Å². The Labute approximate surface area is 541 Å². The summed E-state index contributed by atoms with van der Waals surface area (Å²) in [5, 5.41) is 90.2. The summed E-state index contributed by atoms with van der Waals surface area (Å²) < 4.78 is 0. The topological polar surface area (TPSA) is 600 Å². The van der Waals surface area contributed by atoms with Gasteiger partial charge in [0.25, 0.3) is 29.7 Å². The predicted octanol–water partition coefficient (Wildman–Crippen LogP) is 5.41. The normalized spacial score (nSPS) is 17.7. The van der Waals surface area contributed by atoms with Gasteiger partial charge in [0, 0.05) is 40.0 Å². The smallest absolute Gasteiger partial charge is 0.677 e. The van der Waals surface area contributed by atoms with Crippen LogP contribution in [-0.2, 0) is 145 Å². The molecule has 0 aromatic carbocycles. The third-order valence-corrected chi connectivity index (χ3v) is 9.09. The molecule has 15 N–H and O–H groups in total. The fourth-order valence-electron chi connectivity index (χ4n) is 4.84. The van der Waals surface area contributed by atoms with Crippen LogP contribution in [0.3, 0.4) is 0 Å². The van der Waals surface area contributed by atoms with Crippen molar-refractivity contribution in [2.24, 2.45) is 17.8 Å². The summed E-state index contributed by atoms with van der Waals surface area (Å²) in [4.78, 5) is 158. The van der Waals surface area contributed by atoms with Crippen molar-refractivity contribution in [3.05, 3.63) is 38.0 Å². The monoisotopic (exact) mass is 1810 g/mol. The number of amides is 2. The maximum absolute atomic E-state index is 11.0. The van der Waals surface area contributed by atoms with E-state index < -0.39 is 101 Å². The maximum atomic E-state index is 11.0. The molecule has 0 radical (unpaired) electrons. The van der Waals surface area contributed by atoms with Gasteiger partial charge in [-0.05, 0) is 11.6 Å². The molecule has 1 heterocycles. The number of carboxylic acids is 12. The Bertz CT molecular complexity index is 1770. The summed E-state index contributed by atoms with van der Waals surface area (Å²) in [6, 6.07) is 0.427. The largest absolute Gasteiger partial charge is 2.00 e. The summed E-state index contributed by atoms with van der Waals surface area (Å²) in [5.74, 6) is -17.7. The molecule has 0 bridgehead atoms. The van der Waals surface area contributed by atoms with Crippen molar-refractivity contribution in [3.63, 3.8) is 0 Å². The number of nitrogens with one attached hydrogen (secondary N) is 3. The standard InChI is InChI=1S/C8H9NO6.3C7H13N.C4H5ClO3.C2H3ClO2.3C2H2O4.3C2H4O2.3Pt/c10-5-1-2-6(11)9(5)15-8(14)4-3-7(12)13;3*1-6-4-2-3-5-7(6)8;5-3(6)1-2-4(7)8;3-1-2(4)5;3*3-1(4)2(5)6;3*1-2(3)4;;;/h1-4H2,(H,12,13);3*6-8H,1-5H2;1-2H2,(H,7,8);1H2,(H,4,5);3*(H,3,4)(H,5,6);3*1H3,(H,3,4);;;/q;3*-2;;;;;;;;;3*+2/t;3*6-,7-;;;;;;;;;;;/m.111.........../s1. The number of hydroxylamine groups is 2. The Kier molecular flexibility index (Phi) is 83.0. The Hall–Kier alpha value is -5.56. The molecule has 38 heteroatoms. The number of carbonyl (C=O) groups excluding carboxylic acids is 4.